The van der Waals surface area contributed by atoms with Crippen LogP contribution < -0.4 is 5.32 Å². The highest BCUT2D eigenvalue weighted by atomic mass is 15.2. The van der Waals surface area contributed by atoms with Crippen LogP contribution in [0, 0.1) is 5.92 Å². The lowest BCUT2D eigenvalue weighted by atomic mass is 10.1. The largest absolute Gasteiger partial charge is 0.311 e. The van der Waals surface area contributed by atoms with E-state index in [1.165, 1.54) is 32.4 Å². The van der Waals surface area contributed by atoms with Crippen LogP contribution in [0.25, 0.3) is 0 Å². The zero-order valence-corrected chi connectivity index (χ0v) is 8.21. The van der Waals surface area contributed by atoms with Crippen LogP contribution in [0.4, 0.5) is 0 Å². The molecule has 0 bridgehead atoms. The molecule has 2 nitrogen and oxygen atoms in total. The summed E-state index contributed by atoms with van der Waals surface area (Å²) in [6.45, 7) is 4.75. The van der Waals surface area contributed by atoms with E-state index in [2.05, 4.69) is 24.2 Å². The Bertz CT molecular complexity index is 154. The molecule has 0 aromatic carbocycles. The lowest BCUT2D eigenvalue weighted by Crippen LogP contribution is -2.55. The molecule has 2 fully saturated rings. The molecule has 2 unspecified atom stereocenters. The maximum Gasteiger partial charge on any atom is 0.0223 e. The second kappa shape index (κ2) is 3.35. The third-order valence-corrected chi connectivity index (χ3v) is 3.39. The highest BCUT2D eigenvalue weighted by molar-refractivity contribution is 4.93. The van der Waals surface area contributed by atoms with Gasteiger partial charge in [-0.25, -0.2) is 0 Å². The van der Waals surface area contributed by atoms with Crippen molar-refractivity contribution in [3.63, 3.8) is 0 Å². The third-order valence-electron chi connectivity index (χ3n) is 3.39. The molecule has 2 aliphatic rings. The highest BCUT2D eigenvalue weighted by Crippen LogP contribution is 2.34. The average molecular weight is 168 g/mol. The van der Waals surface area contributed by atoms with Gasteiger partial charge in [0.2, 0.25) is 0 Å². The summed E-state index contributed by atoms with van der Waals surface area (Å²) in [4.78, 5) is 2.53. The Morgan fingerprint density at radius 1 is 1.42 bits per heavy atom. The lowest BCUT2D eigenvalue weighted by Gasteiger charge is -2.37. The summed E-state index contributed by atoms with van der Waals surface area (Å²) in [6.07, 6.45) is 4.20. The van der Waals surface area contributed by atoms with Crippen molar-refractivity contribution in [2.75, 3.05) is 20.1 Å². The summed E-state index contributed by atoms with van der Waals surface area (Å²) >= 11 is 0. The van der Waals surface area contributed by atoms with E-state index >= 15 is 0 Å². The summed E-state index contributed by atoms with van der Waals surface area (Å²) in [6, 6.07) is 1.58. The molecular formula is C10H20N2. The Morgan fingerprint density at radius 2 is 2.17 bits per heavy atom. The topological polar surface area (TPSA) is 15.3 Å². The summed E-state index contributed by atoms with van der Waals surface area (Å²) in [5.41, 5.74) is 0. The van der Waals surface area contributed by atoms with E-state index in [0.29, 0.717) is 0 Å². The molecule has 70 valence electrons. The van der Waals surface area contributed by atoms with Crippen molar-refractivity contribution >= 4 is 0 Å². The van der Waals surface area contributed by atoms with Crippen LogP contribution in [-0.2, 0) is 0 Å². The minimum atomic E-state index is 0.778. The monoisotopic (exact) mass is 168 g/mol. The predicted molar refractivity (Wildman–Crippen MR) is 51.2 cm³/mol. The van der Waals surface area contributed by atoms with Gasteiger partial charge in [-0.2, -0.15) is 0 Å². The molecular weight excluding hydrogens is 148 g/mol. The van der Waals surface area contributed by atoms with Gasteiger partial charge in [-0.05, 0) is 32.2 Å². The normalized spacial score (nSPS) is 38.5. The van der Waals surface area contributed by atoms with E-state index in [4.69, 9.17) is 0 Å². The molecule has 2 atom stereocenters. The van der Waals surface area contributed by atoms with E-state index < -0.39 is 0 Å². The molecule has 1 aliphatic carbocycles. The number of nitrogens with zero attached hydrogens (tertiary/aromatic N) is 1. The molecule has 1 aliphatic heterocycles. The third kappa shape index (κ3) is 1.64. The Morgan fingerprint density at radius 3 is 2.67 bits per heavy atom. The number of hydrogen-bond donors (Lipinski definition) is 1. The number of piperazine rings is 1. The number of nitrogens with one attached hydrogen (secondary N) is 1. The van der Waals surface area contributed by atoms with Gasteiger partial charge in [0.15, 0.2) is 0 Å². The first kappa shape index (κ1) is 8.52. The fraction of sp³-hybridized carbons (Fsp3) is 1.00. The van der Waals surface area contributed by atoms with Crippen LogP contribution in [-0.4, -0.2) is 37.1 Å². The van der Waals surface area contributed by atoms with E-state index in [1.807, 2.05) is 0 Å². The summed E-state index contributed by atoms with van der Waals surface area (Å²) in [7, 11) is 2.27. The van der Waals surface area contributed by atoms with Gasteiger partial charge < -0.3 is 10.2 Å². The van der Waals surface area contributed by atoms with Crippen molar-refractivity contribution in [1.82, 2.24) is 10.2 Å². The van der Waals surface area contributed by atoms with Crippen molar-refractivity contribution in [3.05, 3.63) is 0 Å². The first-order valence-corrected chi connectivity index (χ1v) is 5.25. The summed E-state index contributed by atoms with van der Waals surface area (Å²) in [5, 5.41) is 3.67. The Labute approximate surface area is 75.3 Å². The van der Waals surface area contributed by atoms with E-state index in [-0.39, 0.29) is 0 Å². The first-order valence-electron chi connectivity index (χ1n) is 5.25. The van der Waals surface area contributed by atoms with Crippen molar-refractivity contribution < 1.29 is 0 Å². The second-order valence-corrected chi connectivity index (χ2v) is 4.35. The fourth-order valence-electron chi connectivity index (χ4n) is 2.24. The maximum absolute atomic E-state index is 3.67. The highest BCUT2D eigenvalue weighted by Gasteiger charge is 2.35. The van der Waals surface area contributed by atoms with E-state index in [0.717, 1.165) is 18.0 Å². The fourth-order valence-corrected chi connectivity index (χ4v) is 2.24. The molecule has 0 amide bonds. The lowest BCUT2D eigenvalue weighted by molar-refractivity contribution is 0.150. The first-order chi connectivity index (χ1) is 5.81. The van der Waals surface area contributed by atoms with Crippen LogP contribution in [0.15, 0.2) is 0 Å². The second-order valence-electron chi connectivity index (χ2n) is 4.35. The van der Waals surface area contributed by atoms with Crippen LogP contribution in [0.1, 0.15) is 26.2 Å². The molecule has 12 heavy (non-hydrogen) atoms. The van der Waals surface area contributed by atoms with Gasteiger partial charge in [-0.3, -0.25) is 0 Å². The number of hydrogen-bond acceptors (Lipinski definition) is 2. The molecule has 1 N–H and O–H groups in total. The smallest absolute Gasteiger partial charge is 0.0223 e. The molecule has 2 rings (SSSR count). The number of rotatable bonds is 2. The van der Waals surface area contributed by atoms with Crippen molar-refractivity contribution in [1.29, 1.82) is 0 Å². The zero-order valence-electron chi connectivity index (χ0n) is 8.21. The van der Waals surface area contributed by atoms with Gasteiger partial charge in [0.1, 0.15) is 0 Å². The van der Waals surface area contributed by atoms with E-state index in [9.17, 15) is 0 Å². The van der Waals surface area contributed by atoms with Crippen LogP contribution in [0.5, 0.6) is 0 Å². The van der Waals surface area contributed by atoms with Gasteiger partial charge in [-0.15, -0.1) is 0 Å². The standard InChI is InChI=1S/C10H20N2/c1-3-9-6-11-10(7-12(9)2)8-4-5-8/h8-11H,3-7H2,1-2H3. The predicted octanol–water partition coefficient (Wildman–Crippen LogP) is 1.08. The zero-order chi connectivity index (χ0) is 8.55. The Balaban J connectivity index is 1.84. The average Bonchev–Trinajstić information content (AvgIpc) is 2.86. The minimum absolute atomic E-state index is 0.778. The molecule has 2 heteroatoms. The molecule has 0 spiro atoms. The SMILES string of the molecule is CCC1CNC(C2CC2)CN1C. The van der Waals surface area contributed by atoms with Crippen molar-refractivity contribution in [2.45, 2.75) is 38.3 Å². The van der Waals surface area contributed by atoms with Crippen molar-refractivity contribution in [2.24, 2.45) is 5.92 Å². The Hall–Kier alpha value is -0.0800. The van der Waals surface area contributed by atoms with Gasteiger partial charge in [0.25, 0.3) is 0 Å². The van der Waals surface area contributed by atoms with Gasteiger partial charge in [0.05, 0.1) is 0 Å². The molecule has 1 saturated carbocycles. The van der Waals surface area contributed by atoms with E-state index in [1.54, 1.807) is 0 Å². The van der Waals surface area contributed by atoms with Gasteiger partial charge in [-0.1, -0.05) is 6.92 Å². The van der Waals surface area contributed by atoms with Crippen LogP contribution in [0.3, 0.4) is 0 Å². The molecule has 0 aromatic heterocycles. The molecule has 0 aromatic rings. The van der Waals surface area contributed by atoms with Crippen molar-refractivity contribution in [3.8, 4) is 0 Å². The minimum Gasteiger partial charge on any atom is -0.311 e. The van der Waals surface area contributed by atoms with Gasteiger partial charge in [0, 0.05) is 25.2 Å². The number of likely N-dealkylation sites (N-methyl/N-ethyl adjacent to an activating group) is 1. The molecule has 1 heterocycles. The molecule has 1 saturated heterocycles. The Kier molecular flexibility index (Phi) is 2.37. The maximum atomic E-state index is 3.67. The van der Waals surface area contributed by atoms with Gasteiger partial charge >= 0.3 is 0 Å². The summed E-state index contributed by atoms with van der Waals surface area (Å²) in [5.74, 6) is 1.00. The summed E-state index contributed by atoms with van der Waals surface area (Å²) < 4.78 is 0. The quantitative estimate of drug-likeness (QED) is 0.663. The van der Waals surface area contributed by atoms with Crippen LogP contribution >= 0.6 is 0 Å². The van der Waals surface area contributed by atoms with Crippen LogP contribution in [0.2, 0.25) is 0 Å². The molecule has 0 radical (unpaired) electrons.